The Kier molecular flexibility index (Phi) is 7.42. The molecule has 1 fully saturated rings. The van der Waals surface area contributed by atoms with Gasteiger partial charge in [-0.15, -0.1) is 11.3 Å². The van der Waals surface area contributed by atoms with E-state index in [9.17, 15) is 9.59 Å². The molecule has 0 aromatic carbocycles. The van der Waals surface area contributed by atoms with Crippen molar-refractivity contribution in [2.24, 2.45) is 5.16 Å². The minimum Gasteiger partial charge on any atom is -0.463 e. The molecular weight excluding hydrogens is 418 g/mol. The fourth-order valence-electron chi connectivity index (χ4n) is 3.24. The first-order valence-corrected chi connectivity index (χ1v) is 11.3. The van der Waals surface area contributed by atoms with Crippen LogP contribution in [0.1, 0.15) is 62.8 Å². The van der Waals surface area contributed by atoms with Gasteiger partial charge in [0.25, 0.3) is 5.91 Å². The number of hydrogen-bond acceptors (Lipinski definition) is 8. The molecule has 0 aliphatic carbocycles. The summed E-state index contributed by atoms with van der Waals surface area (Å²) in [5, 5.41) is 13.8. The normalized spacial score (nSPS) is 15.7. The average molecular weight is 448 g/mol. The number of aromatic nitrogens is 3. The Morgan fingerprint density at radius 1 is 1.32 bits per heavy atom. The van der Waals surface area contributed by atoms with Crippen molar-refractivity contribution in [2.75, 3.05) is 26.3 Å². The van der Waals surface area contributed by atoms with E-state index in [-0.39, 0.29) is 30.2 Å². The highest BCUT2D eigenvalue weighted by molar-refractivity contribution is 7.09. The number of nitrogens with one attached hydrogen (secondary N) is 1. The highest BCUT2D eigenvalue weighted by Gasteiger charge is 2.30. The Hall–Kier alpha value is -2.75. The van der Waals surface area contributed by atoms with Crippen LogP contribution in [-0.2, 0) is 24.6 Å². The van der Waals surface area contributed by atoms with E-state index in [1.54, 1.807) is 29.2 Å². The fourth-order valence-corrected chi connectivity index (χ4v) is 4.46. The van der Waals surface area contributed by atoms with Crippen LogP contribution in [0.2, 0.25) is 0 Å². The van der Waals surface area contributed by atoms with E-state index in [0.717, 1.165) is 23.5 Å². The number of oxime groups is 1. The van der Waals surface area contributed by atoms with Gasteiger partial charge in [-0.3, -0.25) is 9.89 Å². The highest BCUT2D eigenvalue weighted by atomic mass is 32.1. The Balaban J connectivity index is 1.64. The third kappa shape index (κ3) is 5.90. The highest BCUT2D eigenvalue weighted by Crippen LogP contribution is 2.33. The number of thiazole rings is 1. The summed E-state index contributed by atoms with van der Waals surface area (Å²) in [6.07, 6.45) is 3.20. The van der Waals surface area contributed by atoms with Gasteiger partial charge in [-0.2, -0.15) is 5.10 Å². The van der Waals surface area contributed by atoms with E-state index in [1.165, 1.54) is 6.20 Å². The van der Waals surface area contributed by atoms with Gasteiger partial charge in [0.05, 0.1) is 23.0 Å². The maximum absolute atomic E-state index is 13.1. The van der Waals surface area contributed by atoms with Crippen molar-refractivity contribution in [3.63, 3.8) is 0 Å². The van der Waals surface area contributed by atoms with Gasteiger partial charge in [0, 0.05) is 36.0 Å². The van der Waals surface area contributed by atoms with E-state index < -0.39 is 5.97 Å². The molecule has 0 bridgehead atoms. The molecule has 0 atom stereocenters. The Morgan fingerprint density at radius 3 is 2.65 bits per heavy atom. The molecule has 1 saturated heterocycles. The lowest BCUT2D eigenvalue weighted by Crippen LogP contribution is -2.42. The van der Waals surface area contributed by atoms with Crippen molar-refractivity contribution < 1.29 is 19.2 Å². The summed E-state index contributed by atoms with van der Waals surface area (Å²) < 4.78 is 4.81. The Labute approximate surface area is 185 Å². The van der Waals surface area contributed by atoms with Crippen molar-refractivity contribution >= 4 is 28.9 Å². The first-order valence-electron chi connectivity index (χ1n) is 10.4. The van der Waals surface area contributed by atoms with Crippen LogP contribution >= 0.6 is 11.3 Å². The second kappa shape index (κ2) is 10.0. The molecule has 0 radical (unpaired) electrons. The van der Waals surface area contributed by atoms with Gasteiger partial charge in [-0.05, 0) is 25.8 Å². The zero-order valence-corrected chi connectivity index (χ0v) is 19.2. The SMILES string of the molecule is CCOC(=O)CON=C(C(=O)N1CCC(c2nc(C(C)(C)C)cs2)CC1)c1ccn[nH]1. The molecule has 1 N–H and O–H groups in total. The fraction of sp³-hybridized carbons (Fsp3) is 0.571. The molecule has 1 aliphatic heterocycles. The third-order valence-corrected chi connectivity index (χ3v) is 6.03. The molecule has 9 nitrogen and oxygen atoms in total. The number of ether oxygens (including phenoxy) is 1. The van der Waals surface area contributed by atoms with Gasteiger partial charge in [-0.1, -0.05) is 25.9 Å². The van der Waals surface area contributed by atoms with Crippen molar-refractivity contribution in [2.45, 2.75) is 51.9 Å². The van der Waals surface area contributed by atoms with Gasteiger partial charge in [0.2, 0.25) is 6.61 Å². The summed E-state index contributed by atoms with van der Waals surface area (Å²) >= 11 is 1.70. The lowest BCUT2D eigenvalue weighted by molar-refractivity contribution is -0.148. The molecule has 3 heterocycles. The number of esters is 1. The number of likely N-dealkylation sites (tertiary alicyclic amines) is 1. The summed E-state index contributed by atoms with van der Waals surface area (Å²) in [7, 11) is 0. The summed E-state index contributed by atoms with van der Waals surface area (Å²) in [4.78, 5) is 36.3. The lowest BCUT2D eigenvalue weighted by atomic mass is 9.93. The first-order chi connectivity index (χ1) is 14.8. The number of H-pyrrole nitrogens is 1. The molecule has 2 aromatic heterocycles. The van der Waals surface area contributed by atoms with Crippen LogP contribution < -0.4 is 0 Å². The number of rotatable bonds is 7. The van der Waals surface area contributed by atoms with Gasteiger partial charge in [0.15, 0.2) is 5.71 Å². The molecule has 2 aromatic rings. The van der Waals surface area contributed by atoms with Gasteiger partial charge in [-0.25, -0.2) is 9.78 Å². The number of hydrogen-bond donors (Lipinski definition) is 1. The maximum atomic E-state index is 13.1. The lowest BCUT2D eigenvalue weighted by Gasteiger charge is -2.31. The Bertz CT molecular complexity index is 909. The van der Waals surface area contributed by atoms with E-state index in [2.05, 4.69) is 41.5 Å². The van der Waals surface area contributed by atoms with Crippen molar-refractivity contribution in [1.82, 2.24) is 20.1 Å². The summed E-state index contributed by atoms with van der Waals surface area (Å²) in [6.45, 7) is 9.27. The second-order valence-electron chi connectivity index (χ2n) is 8.38. The third-order valence-electron chi connectivity index (χ3n) is 5.02. The van der Waals surface area contributed by atoms with Gasteiger partial charge in [0.1, 0.15) is 0 Å². The average Bonchev–Trinajstić information content (AvgIpc) is 3.43. The van der Waals surface area contributed by atoms with Crippen LogP contribution in [0.4, 0.5) is 0 Å². The van der Waals surface area contributed by atoms with Crippen molar-refractivity contribution in [3.05, 3.63) is 34.0 Å². The van der Waals surface area contributed by atoms with Crippen LogP contribution in [-0.4, -0.2) is 64.0 Å². The monoisotopic (exact) mass is 447 g/mol. The molecule has 3 rings (SSSR count). The molecular formula is C21H29N5O4S. The molecule has 31 heavy (non-hydrogen) atoms. The number of carbonyl (C=O) groups excluding carboxylic acids is 2. The summed E-state index contributed by atoms with van der Waals surface area (Å²) in [6, 6.07) is 1.64. The number of amides is 1. The van der Waals surface area contributed by atoms with E-state index >= 15 is 0 Å². The van der Waals surface area contributed by atoms with Crippen LogP contribution in [0.25, 0.3) is 0 Å². The summed E-state index contributed by atoms with van der Waals surface area (Å²) in [5.74, 6) is -0.458. The molecule has 0 spiro atoms. The quantitative estimate of drug-likeness (QED) is 0.397. The molecule has 0 saturated carbocycles. The molecule has 10 heteroatoms. The number of carbonyl (C=O) groups is 2. The maximum Gasteiger partial charge on any atom is 0.347 e. The first kappa shape index (κ1) is 22.9. The van der Waals surface area contributed by atoms with Gasteiger partial charge >= 0.3 is 5.97 Å². The predicted molar refractivity (Wildman–Crippen MR) is 117 cm³/mol. The standard InChI is InChI=1S/C21H29N5O4S/c1-5-29-17(27)12-30-25-18(15-6-9-22-24-15)20(28)26-10-7-14(8-11-26)19-23-16(13-31-19)21(2,3)4/h6,9,13-14H,5,7-8,10-12H2,1-4H3,(H,22,24). The Morgan fingerprint density at radius 2 is 2.06 bits per heavy atom. The number of nitrogens with zero attached hydrogens (tertiary/aromatic N) is 4. The topological polar surface area (TPSA) is 110 Å². The zero-order chi connectivity index (χ0) is 22.4. The molecule has 1 amide bonds. The number of piperidine rings is 1. The predicted octanol–water partition coefficient (Wildman–Crippen LogP) is 2.85. The molecule has 1 aliphatic rings. The van der Waals surface area contributed by atoms with E-state index in [1.807, 2.05) is 0 Å². The summed E-state index contributed by atoms with van der Waals surface area (Å²) in [5.41, 5.74) is 1.67. The van der Waals surface area contributed by atoms with E-state index in [0.29, 0.717) is 24.7 Å². The minimum atomic E-state index is -0.540. The van der Waals surface area contributed by atoms with Crippen LogP contribution in [0, 0.1) is 0 Å². The van der Waals surface area contributed by atoms with Crippen LogP contribution in [0.5, 0.6) is 0 Å². The smallest absolute Gasteiger partial charge is 0.347 e. The largest absolute Gasteiger partial charge is 0.463 e. The van der Waals surface area contributed by atoms with Crippen molar-refractivity contribution in [3.8, 4) is 0 Å². The van der Waals surface area contributed by atoms with Crippen LogP contribution in [0.15, 0.2) is 22.8 Å². The number of aromatic amines is 1. The van der Waals surface area contributed by atoms with Gasteiger partial charge < -0.3 is 14.5 Å². The van der Waals surface area contributed by atoms with Crippen molar-refractivity contribution in [1.29, 1.82) is 0 Å². The second-order valence-corrected chi connectivity index (χ2v) is 9.27. The molecule has 0 unspecified atom stereocenters. The minimum absolute atomic E-state index is 0.0322. The zero-order valence-electron chi connectivity index (χ0n) is 18.4. The molecule has 168 valence electrons. The van der Waals surface area contributed by atoms with E-state index in [4.69, 9.17) is 14.6 Å². The van der Waals surface area contributed by atoms with Crippen LogP contribution in [0.3, 0.4) is 0 Å².